The van der Waals surface area contributed by atoms with E-state index in [4.69, 9.17) is 0 Å². The van der Waals surface area contributed by atoms with Crippen molar-refractivity contribution in [2.24, 2.45) is 0 Å². The van der Waals surface area contributed by atoms with E-state index in [2.05, 4.69) is 10.4 Å². The number of Topliss-reactive ketones (excluding diaryl/α,β-unsaturated/α-hetero) is 1. The van der Waals surface area contributed by atoms with Crippen molar-refractivity contribution < 1.29 is 9.59 Å². The Morgan fingerprint density at radius 2 is 1.92 bits per heavy atom. The Bertz CT molecular complexity index is 870. The van der Waals surface area contributed by atoms with E-state index < -0.39 is 0 Å². The molecule has 3 rings (SSSR count). The molecule has 1 amide bonds. The van der Waals surface area contributed by atoms with E-state index in [0.29, 0.717) is 18.7 Å². The lowest BCUT2D eigenvalue weighted by molar-refractivity contribution is -0.121. The molecule has 0 bridgehead atoms. The number of nitrogens with one attached hydrogen (secondary N) is 1. The van der Waals surface area contributed by atoms with Crippen molar-refractivity contribution in [1.82, 2.24) is 15.1 Å². The smallest absolute Gasteiger partial charge is 0.220 e. The van der Waals surface area contributed by atoms with Crippen molar-refractivity contribution in [3.8, 4) is 10.6 Å². The molecular weight excluding hydrogens is 346 g/mol. The predicted octanol–water partition coefficient (Wildman–Crippen LogP) is 3.70. The average Bonchev–Trinajstić information content (AvgIpc) is 3.31. The number of carbonyl (C=O) groups excluding carboxylic acids is 2. The van der Waals surface area contributed by atoms with Crippen molar-refractivity contribution in [3.05, 3.63) is 65.2 Å². The van der Waals surface area contributed by atoms with Crippen LogP contribution < -0.4 is 5.32 Å². The number of ketones is 1. The molecule has 0 unspecified atom stereocenters. The summed E-state index contributed by atoms with van der Waals surface area (Å²) in [5.74, 6) is -0.123. The first-order valence-electron chi connectivity index (χ1n) is 8.57. The number of carbonyl (C=O) groups is 2. The molecule has 5 nitrogen and oxygen atoms in total. The van der Waals surface area contributed by atoms with Gasteiger partial charge in [0.25, 0.3) is 0 Å². The normalized spacial score (nSPS) is 10.7. The van der Waals surface area contributed by atoms with E-state index in [9.17, 15) is 9.59 Å². The van der Waals surface area contributed by atoms with Crippen LogP contribution in [0.2, 0.25) is 0 Å². The van der Waals surface area contributed by atoms with Gasteiger partial charge in [0.15, 0.2) is 5.78 Å². The molecule has 134 valence electrons. The van der Waals surface area contributed by atoms with Crippen LogP contribution in [0.25, 0.3) is 10.6 Å². The predicted molar refractivity (Wildman–Crippen MR) is 103 cm³/mol. The van der Waals surface area contributed by atoms with Gasteiger partial charge in [-0.15, -0.1) is 11.3 Å². The van der Waals surface area contributed by atoms with Crippen LogP contribution in [0.5, 0.6) is 0 Å². The van der Waals surface area contributed by atoms with Gasteiger partial charge in [-0.05, 0) is 24.4 Å². The highest BCUT2D eigenvalue weighted by Gasteiger charge is 2.10. The molecule has 0 fully saturated rings. The number of aryl methyl sites for hydroxylation is 1. The van der Waals surface area contributed by atoms with Gasteiger partial charge in [-0.1, -0.05) is 36.4 Å². The summed E-state index contributed by atoms with van der Waals surface area (Å²) in [5.41, 5.74) is 2.66. The van der Waals surface area contributed by atoms with E-state index in [1.165, 1.54) is 0 Å². The summed E-state index contributed by atoms with van der Waals surface area (Å²) in [6, 6.07) is 15.1. The lowest BCUT2D eigenvalue weighted by atomic mass is 10.1. The number of thiophene rings is 1. The summed E-state index contributed by atoms with van der Waals surface area (Å²) >= 11 is 1.66. The highest BCUT2D eigenvalue weighted by atomic mass is 32.1. The van der Waals surface area contributed by atoms with Crippen LogP contribution in [0.4, 0.5) is 0 Å². The SMILES string of the molecule is Cc1cc(-c2cccs2)nn1CCNC(=O)CCC(=O)c1ccccc1. The minimum atomic E-state index is -0.113. The largest absolute Gasteiger partial charge is 0.354 e. The number of hydrogen-bond donors (Lipinski definition) is 1. The monoisotopic (exact) mass is 367 g/mol. The maximum atomic E-state index is 12.0. The fourth-order valence-electron chi connectivity index (χ4n) is 2.67. The molecule has 0 saturated heterocycles. The average molecular weight is 367 g/mol. The van der Waals surface area contributed by atoms with Crippen LogP contribution in [-0.4, -0.2) is 28.0 Å². The number of benzene rings is 1. The van der Waals surface area contributed by atoms with Gasteiger partial charge in [0.2, 0.25) is 5.91 Å². The van der Waals surface area contributed by atoms with Gasteiger partial charge in [0.05, 0.1) is 11.4 Å². The fraction of sp³-hybridized carbons (Fsp3) is 0.250. The molecule has 6 heteroatoms. The number of aromatic nitrogens is 2. The lowest BCUT2D eigenvalue weighted by Gasteiger charge is -2.07. The minimum absolute atomic E-state index is 0.00994. The van der Waals surface area contributed by atoms with Crippen molar-refractivity contribution in [3.63, 3.8) is 0 Å². The Balaban J connectivity index is 1.43. The van der Waals surface area contributed by atoms with Crippen molar-refractivity contribution in [2.45, 2.75) is 26.3 Å². The molecule has 26 heavy (non-hydrogen) atoms. The molecule has 0 saturated carbocycles. The molecule has 2 aromatic heterocycles. The first-order chi connectivity index (χ1) is 12.6. The van der Waals surface area contributed by atoms with Gasteiger partial charge in [-0.2, -0.15) is 5.10 Å². The second kappa shape index (κ2) is 8.58. The Morgan fingerprint density at radius 3 is 2.65 bits per heavy atom. The highest BCUT2D eigenvalue weighted by molar-refractivity contribution is 7.13. The van der Waals surface area contributed by atoms with Crippen LogP contribution in [-0.2, 0) is 11.3 Å². The Hall–Kier alpha value is -2.73. The first-order valence-corrected chi connectivity index (χ1v) is 9.45. The van der Waals surface area contributed by atoms with Crippen LogP contribution in [0, 0.1) is 6.92 Å². The number of hydrogen-bond acceptors (Lipinski definition) is 4. The Morgan fingerprint density at radius 1 is 1.12 bits per heavy atom. The van der Waals surface area contributed by atoms with E-state index in [1.807, 2.05) is 53.4 Å². The highest BCUT2D eigenvalue weighted by Crippen LogP contribution is 2.23. The molecule has 0 atom stereocenters. The van der Waals surface area contributed by atoms with Gasteiger partial charge in [0.1, 0.15) is 5.69 Å². The third-order valence-electron chi connectivity index (χ3n) is 4.08. The van der Waals surface area contributed by atoms with E-state index in [0.717, 1.165) is 16.3 Å². The zero-order valence-electron chi connectivity index (χ0n) is 14.6. The molecule has 0 spiro atoms. The second-order valence-corrected chi connectivity index (χ2v) is 6.96. The molecular formula is C20H21N3O2S. The third kappa shape index (κ3) is 4.67. The molecule has 3 aromatic rings. The standard InChI is InChI=1S/C20H21N3O2S/c1-15-14-17(19-8-5-13-26-19)22-23(15)12-11-21-20(25)10-9-18(24)16-6-3-2-4-7-16/h2-8,13-14H,9-12H2,1H3,(H,21,25). The van der Waals surface area contributed by atoms with Gasteiger partial charge in [-0.3, -0.25) is 14.3 Å². The summed E-state index contributed by atoms with van der Waals surface area (Å²) in [6.45, 7) is 3.10. The lowest BCUT2D eigenvalue weighted by Crippen LogP contribution is -2.28. The topological polar surface area (TPSA) is 64.0 Å². The zero-order chi connectivity index (χ0) is 18.4. The van der Waals surface area contributed by atoms with Crippen molar-refractivity contribution in [2.75, 3.05) is 6.54 Å². The first kappa shape index (κ1) is 18.1. The van der Waals surface area contributed by atoms with Crippen molar-refractivity contribution >= 4 is 23.0 Å². The molecule has 0 aliphatic carbocycles. The number of amides is 1. The Labute approximate surface area is 156 Å². The second-order valence-electron chi connectivity index (χ2n) is 6.01. The van der Waals surface area contributed by atoms with Crippen LogP contribution >= 0.6 is 11.3 Å². The molecule has 1 aromatic carbocycles. The van der Waals surface area contributed by atoms with E-state index in [-0.39, 0.29) is 24.5 Å². The molecule has 0 radical (unpaired) electrons. The summed E-state index contributed by atoms with van der Waals surface area (Å²) in [7, 11) is 0. The van der Waals surface area contributed by atoms with Gasteiger partial charge >= 0.3 is 0 Å². The summed E-state index contributed by atoms with van der Waals surface area (Å²) in [6.07, 6.45) is 0.422. The maximum Gasteiger partial charge on any atom is 0.220 e. The van der Waals surface area contributed by atoms with Crippen LogP contribution in [0.3, 0.4) is 0 Å². The van der Waals surface area contributed by atoms with E-state index >= 15 is 0 Å². The molecule has 0 aliphatic heterocycles. The van der Waals surface area contributed by atoms with E-state index in [1.54, 1.807) is 23.5 Å². The number of rotatable bonds is 8. The molecule has 1 N–H and O–H groups in total. The van der Waals surface area contributed by atoms with Crippen LogP contribution in [0.1, 0.15) is 28.9 Å². The van der Waals surface area contributed by atoms with Crippen LogP contribution in [0.15, 0.2) is 53.9 Å². The summed E-state index contributed by atoms with van der Waals surface area (Å²) < 4.78 is 1.89. The maximum absolute atomic E-state index is 12.0. The number of nitrogens with zero attached hydrogens (tertiary/aromatic N) is 2. The van der Waals surface area contributed by atoms with Gasteiger partial charge < -0.3 is 5.32 Å². The van der Waals surface area contributed by atoms with Gasteiger partial charge in [0, 0.05) is 30.6 Å². The summed E-state index contributed by atoms with van der Waals surface area (Å²) in [5, 5.41) is 9.47. The minimum Gasteiger partial charge on any atom is -0.354 e. The Kier molecular flexibility index (Phi) is 5.96. The van der Waals surface area contributed by atoms with Crippen molar-refractivity contribution in [1.29, 1.82) is 0 Å². The molecule has 0 aliphatic rings. The fourth-order valence-corrected chi connectivity index (χ4v) is 3.35. The summed E-state index contributed by atoms with van der Waals surface area (Å²) in [4.78, 5) is 25.1. The molecule has 2 heterocycles. The third-order valence-corrected chi connectivity index (χ3v) is 4.97. The quantitative estimate of drug-likeness (QED) is 0.618. The zero-order valence-corrected chi connectivity index (χ0v) is 15.5. The van der Waals surface area contributed by atoms with Gasteiger partial charge in [-0.25, -0.2) is 0 Å².